The summed E-state index contributed by atoms with van der Waals surface area (Å²) >= 11 is 1.36. The predicted molar refractivity (Wildman–Crippen MR) is 107 cm³/mol. The molecule has 1 N–H and O–H groups in total. The Morgan fingerprint density at radius 2 is 2.15 bits per heavy atom. The molecule has 1 saturated heterocycles. The average Bonchev–Trinajstić information content (AvgIpc) is 3.10. The van der Waals surface area contributed by atoms with Crippen LogP contribution in [-0.2, 0) is 11.3 Å². The highest BCUT2D eigenvalue weighted by Gasteiger charge is 2.21. The Bertz CT molecular complexity index is 1010. The van der Waals surface area contributed by atoms with Gasteiger partial charge in [0.15, 0.2) is 10.8 Å². The summed E-state index contributed by atoms with van der Waals surface area (Å²) in [4.78, 5) is 36.1. The number of para-hydroxylation sites is 1. The van der Waals surface area contributed by atoms with Crippen LogP contribution in [0.25, 0.3) is 10.3 Å². The number of amides is 1. The van der Waals surface area contributed by atoms with Crippen LogP contribution in [0.5, 0.6) is 0 Å². The Hall–Kier alpha value is -2.74. The minimum atomic E-state index is -0.265. The quantitative estimate of drug-likeness (QED) is 0.749. The zero-order valence-corrected chi connectivity index (χ0v) is 15.9. The van der Waals surface area contributed by atoms with E-state index in [1.54, 1.807) is 12.1 Å². The Morgan fingerprint density at radius 1 is 1.33 bits per heavy atom. The summed E-state index contributed by atoms with van der Waals surface area (Å²) < 4.78 is 1.83. The highest BCUT2D eigenvalue weighted by Crippen LogP contribution is 2.29. The summed E-state index contributed by atoms with van der Waals surface area (Å²) in [6, 6.07) is 9.17. The van der Waals surface area contributed by atoms with Gasteiger partial charge in [-0.2, -0.15) is 4.98 Å². The van der Waals surface area contributed by atoms with E-state index in [0.29, 0.717) is 22.0 Å². The minimum Gasteiger partial charge on any atom is -0.348 e. The van der Waals surface area contributed by atoms with Crippen LogP contribution in [0.2, 0.25) is 0 Å². The summed E-state index contributed by atoms with van der Waals surface area (Å²) in [5, 5.41) is 3.62. The highest BCUT2D eigenvalue weighted by atomic mass is 32.1. The number of carbonyl (C=O) groups excluding carboxylic acids is 1. The van der Waals surface area contributed by atoms with Gasteiger partial charge >= 0.3 is 0 Å². The number of hydrogen-bond acceptors (Lipinski definition) is 6. The number of aromatic nitrogens is 3. The van der Waals surface area contributed by atoms with E-state index in [0.717, 1.165) is 24.6 Å². The van der Waals surface area contributed by atoms with Crippen LogP contribution >= 0.6 is 11.3 Å². The second-order valence-electron chi connectivity index (χ2n) is 6.93. The molecule has 0 aliphatic carbocycles. The number of rotatable bonds is 4. The first-order chi connectivity index (χ1) is 13.1. The van der Waals surface area contributed by atoms with Gasteiger partial charge < -0.3 is 10.2 Å². The van der Waals surface area contributed by atoms with Gasteiger partial charge in [0.25, 0.3) is 5.56 Å². The summed E-state index contributed by atoms with van der Waals surface area (Å²) in [6.45, 7) is 4.06. The standard InChI is InChI=1S/C19H21N5O2S/c1-13-6-5-9-23(10-13)19-22-17-16(27-19)18(26)24(12-20-17)11-15(25)21-14-7-3-2-4-8-14/h2-4,7-8,12-13H,5-6,9-11H2,1H3,(H,21,25). The highest BCUT2D eigenvalue weighted by molar-refractivity contribution is 7.22. The molecule has 1 aliphatic heterocycles. The molecule has 140 valence electrons. The van der Waals surface area contributed by atoms with Crippen molar-refractivity contribution in [1.82, 2.24) is 14.5 Å². The Morgan fingerprint density at radius 3 is 2.93 bits per heavy atom. The molecule has 7 nitrogen and oxygen atoms in total. The van der Waals surface area contributed by atoms with Gasteiger partial charge in [-0.1, -0.05) is 36.5 Å². The van der Waals surface area contributed by atoms with E-state index in [1.807, 2.05) is 18.2 Å². The van der Waals surface area contributed by atoms with Crippen molar-refractivity contribution in [3.8, 4) is 0 Å². The second kappa shape index (κ2) is 7.48. The molecule has 1 aliphatic rings. The maximum absolute atomic E-state index is 12.8. The number of benzene rings is 1. The number of carbonyl (C=O) groups is 1. The van der Waals surface area contributed by atoms with Crippen LogP contribution in [0.3, 0.4) is 0 Å². The van der Waals surface area contributed by atoms with Gasteiger partial charge in [0.2, 0.25) is 5.91 Å². The average molecular weight is 383 g/mol. The number of thiazole rings is 1. The van der Waals surface area contributed by atoms with Gasteiger partial charge in [-0.25, -0.2) is 4.98 Å². The molecular weight excluding hydrogens is 362 g/mol. The maximum Gasteiger partial charge on any atom is 0.273 e. The molecule has 0 radical (unpaired) electrons. The zero-order valence-electron chi connectivity index (χ0n) is 15.1. The van der Waals surface area contributed by atoms with E-state index in [2.05, 4.69) is 27.1 Å². The summed E-state index contributed by atoms with van der Waals surface area (Å²) in [7, 11) is 0. The first-order valence-electron chi connectivity index (χ1n) is 9.06. The third kappa shape index (κ3) is 3.85. The third-order valence-corrected chi connectivity index (χ3v) is 5.76. The predicted octanol–water partition coefficient (Wildman–Crippen LogP) is 2.73. The molecule has 1 amide bonds. The van der Waals surface area contributed by atoms with Gasteiger partial charge in [-0.05, 0) is 30.9 Å². The Balaban J connectivity index is 1.55. The van der Waals surface area contributed by atoms with E-state index < -0.39 is 0 Å². The van der Waals surface area contributed by atoms with E-state index in [4.69, 9.17) is 0 Å². The lowest BCUT2D eigenvalue weighted by Crippen LogP contribution is -2.34. The molecule has 0 spiro atoms. The summed E-state index contributed by atoms with van der Waals surface area (Å²) in [6.07, 6.45) is 3.76. The fourth-order valence-electron chi connectivity index (χ4n) is 3.32. The van der Waals surface area contributed by atoms with Gasteiger partial charge in [0.05, 0.1) is 0 Å². The van der Waals surface area contributed by atoms with Crippen molar-refractivity contribution in [3.05, 3.63) is 47.0 Å². The van der Waals surface area contributed by atoms with Crippen LogP contribution in [0, 0.1) is 5.92 Å². The van der Waals surface area contributed by atoms with Crippen LogP contribution in [-0.4, -0.2) is 33.5 Å². The lowest BCUT2D eigenvalue weighted by atomic mass is 10.0. The summed E-state index contributed by atoms with van der Waals surface area (Å²) in [5.41, 5.74) is 0.929. The lowest BCUT2D eigenvalue weighted by molar-refractivity contribution is -0.116. The van der Waals surface area contributed by atoms with Crippen molar-refractivity contribution in [2.24, 2.45) is 5.92 Å². The largest absolute Gasteiger partial charge is 0.348 e. The van der Waals surface area contributed by atoms with Crippen molar-refractivity contribution >= 4 is 38.4 Å². The van der Waals surface area contributed by atoms with Gasteiger partial charge in [0, 0.05) is 18.8 Å². The maximum atomic E-state index is 12.8. The van der Waals surface area contributed by atoms with E-state index in [1.165, 1.54) is 28.7 Å². The first-order valence-corrected chi connectivity index (χ1v) is 9.87. The van der Waals surface area contributed by atoms with Crippen LogP contribution in [0.1, 0.15) is 19.8 Å². The topological polar surface area (TPSA) is 80.1 Å². The zero-order chi connectivity index (χ0) is 18.8. The third-order valence-electron chi connectivity index (χ3n) is 4.67. The molecule has 0 bridgehead atoms. The van der Waals surface area contributed by atoms with Gasteiger partial charge in [-0.3, -0.25) is 14.2 Å². The normalized spacial score (nSPS) is 17.2. The van der Waals surface area contributed by atoms with Crippen LogP contribution < -0.4 is 15.8 Å². The SMILES string of the molecule is CC1CCCN(c2nc3ncn(CC(=O)Nc4ccccc4)c(=O)c3s2)C1. The van der Waals surface area contributed by atoms with E-state index >= 15 is 0 Å². The fraction of sp³-hybridized carbons (Fsp3) is 0.368. The number of piperidine rings is 1. The Labute approximate surface area is 160 Å². The lowest BCUT2D eigenvalue weighted by Gasteiger charge is -2.30. The molecule has 8 heteroatoms. The van der Waals surface area contributed by atoms with Gasteiger partial charge in [0.1, 0.15) is 17.6 Å². The van der Waals surface area contributed by atoms with Crippen molar-refractivity contribution < 1.29 is 4.79 Å². The first kappa shape index (κ1) is 17.7. The van der Waals surface area contributed by atoms with Crippen molar-refractivity contribution in [3.63, 3.8) is 0 Å². The monoisotopic (exact) mass is 383 g/mol. The number of anilines is 2. The van der Waals surface area contributed by atoms with E-state index in [-0.39, 0.29) is 18.0 Å². The summed E-state index contributed by atoms with van der Waals surface area (Å²) in [5.74, 6) is 0.358. The molecule has 1 fully saturated rings. The number of nitrogens with one attached hydrogen (secondary N) is 1. The van der Waals surface area contributed by atoms with Crippen LogP contribution in [0.4, 0.5) is 10.8 Å². The van der Waals surface area contributed by atoms with Crippen molar-refractivity contribution in [1.29, 1.82) is 0 Å². The molecule has 1 aromatic carbocycles. The van der Waals surface area contributed by atoms with Gasteiger partial charge in [-0.15, -0.1) is 0 Å². The molecule has 0 saturated carbocycles. The molecular formula is C19H21N5O2S. The smallest absolute Gasteiger partial charge is 0.273 e. The number of nitrogens with zero attached hydrogens (tertiary/aromatic N) is 4. The molecule has 3 heterocycles. The molecule has 1 unspecified atom stereocenters. The number of fused-ring (bicyclic) bond motifs is 1. The molecule has 1 atom stereocenters. The molecule has 4 rings (SSSR count). The minimum absolute atomic E-state index is 0.0787. The Kier molecular flexibility index (Phi) is 4.89. The van der Waals surface area contributed by atoms with Crippen molar-refractivity contribution in [2.75, 3.05) is 23.3 Å². The van der Waals surface area contributed by atoms with Crippen molar-refractivity contribution in [2.45, 2.75) is 26.3 Å². The molecule has 2 aromatic heterocycles. The molecule has 3 aromatic rings. The number of hydrogen-bond donors (Lipinski definition) is 1. The van der Waals surface area contributed by atoms with E-state index in [9.17, 15) is 9.59 Å². The fourth-order valence-corrected chi connectivity index (χ4v) is 4.33. The van der Waals surface area contributed by atoms with Crippen LogP contribution in [0.15, 0.2) is 41.5 Å². The second-order valence-corrected chi connectivity index (χ2v) is 7.91. The molecule has 27 heavy (non-hydrogen) atoms.